The second-order valence-electron chi connectivity index (χ2n) is 7.72. The number of aromatic hydroxyl groups is 2. The molecule has 11 nitrogen and oxygen atoms in total. The van der Waals surface area contributed by atoms with E-state index in [9.17, 15) is 35.2 Å². The molecule has 2 heterocycles. The summed E-state index contributed by atoms with van der Waals surface area (Å²) >= 11 is 0. The molecule has 2 N–H and O–H groups in total. The molecule has 11 heteroatoms. The van der Waals surface area contributed by atoms with E-state index in [-0.39, 0.29) is 39.3 Å². The molecular weight excluding hydrogens is 436 g/mol. The van der Waals surface area contributed by atoms with Crippen molar-refractivity contribution in [1.29, 1.82) is 0 Å². The van der Waals surface area contributed by atoms with Crippen molar-refractivity contribution in [3.63, 3.8) is 0 Å². The van der Waals surface area contributed by atoms with Crippen LogP contribution in [0.4, 0.5) is 11.4 Å². The van der Waals surface area contributed by atoms with Crippen LogP contribution in [0.2, 0.25) is 0 Å². The van der Waals surface area contributed by atoms with E-state index in [0.717, 1.165) is 12.1 Å². The van der Waals surface area contributed by atoms with E-state index >= 15 is 0 Å². The van der Waals surface area contributed by atoms with E-state index in [2.05, 4.69) is 0 Å². The summed E-state index contributed by atoms with van der Waals surface area (Å²) in [4.78, 5) is 34.6. The summed E-state index contributed by atoms with van der Waals surface area (Å²) in [6.45, 7) is 2.78. The summed E-state index contributed by atoms with van der Waals surface area (Å²) in [5.74, 6) is -2.07. The van der Waals surface area contributed by atoms with Gasteiger partial charge in [0.2, 0.25) is 11.5 Å². The molecule has 0 amide bonds. The molecule has 0 saturated carbocycles. The Morgan fingerprint density at radius 1 is 0.848 bits per heavy atom. The Morgan fingerprint density at radius 3 is 1.82 bits per heavy atom. The third-order valence-electron chi connectivity index (χ3n) is 6.06. The van der Waals surface area contributed by atoms with E-state index in [1.165, 1.54) is 19.9 Å². The van der Waals surface area contributed by atoms with Crippen LogP contribution >= 0.6 is 0 Å². The first-order valence-corrected chi connectivity index (χ1v) is 9.63. The summed E-state index contributed by atoms with van der Waals surface area (Å²) in [6, 6.07) is 8.37. The monoisotopic (exact) mass is 450 g/mol. The number of esters is 1. The van der Waals surface area contributed by atoms with Crippen LogP contribution in [-0.2, 0) is 10.3 Å². The van der Waals surface area contributed by atoms with E-state index in [1.54, 1.807) is 18.2 Å². The molecule has 2 aliphatic heterocycles. The number of phenols is 2. The summed E-state index contributed by atoms with van der Waals surface area (Å²) in [7, 11) is 0. The number of ether oxygens (including phenoxy) is 2. The van der Waals surface area contributed by atoms with E-state index < -0.39 is 44.3 Å². The minimum Gasteiger partial charge on any atom is -0.502 e. The van der Waals surface area contributed by atoms with Crippen molar-refractivity contribution in [2.75, 3.05) is 0 Å². The zero-order valence-electron chi connectivity index (χ0n) is 17.1. The van der Waals surface area contributed by atoms with Crippen LogP contribution in [0.1, 0.15) is 38.2 Å². The van der Waals surface area contributed by atoms with Crippen molar-refractivity contribution < 1.29 is 34.3 Å². The van der Waals surface area contributed by atoms with Crippen molar-refractivity contribution in [2.45, 2.75) is 19.4 Å². The van der Waals surface area contributed by atoms with Gasteiger partial charge in [-0.15, -0.1) is 0 Å². The van der Waals surface area contributed by atoms with Gasteiger partial charge in [0, 0.05) is 28.8 Å². The number of benzene rings is 3. The Morgan fingerprint density at radius 2 is 1.33 bits per heavy atom. The Kier molecular flexibility index (Phi) is 3.94. The topological polar surface area (TPSA) is 162 Å². The van der Waals surface area contributed by atoms with E-state index in [4.69, 9.17) is 9.47 Å². The zero-order valence-corrected chi connectivity index (χ0v) is 17.1. The fourth-order valence-electron chi connectivity index (χ4n) is 4.47. The van der Waals surface area contributed by atoms with Gasteiger partial charge in [-0.05, 0) is 19.9 Å². The highest BCUT2D eigenvalue weighted by atomic mass is 16.6. The molecule has 0 radical (unpaired) electrons. The van der Waals surface area contributed by atoms with Gasteiger partial charge < -0.3 is 19.7 Å². The maximum Gasteiger partial charge on any atom is 0.340 e. The number of fused-ring (bicyclic) bond motifs is 6. The predicted octanol–water partition coefficient (Wildman–Crippen LogP) is 4.10. The molecule has 1 spiro atoms. The van der Waals surface area contributed by atoms with Gasteiger partial charge in [-0.1, -0.05) is 18.2 Å². The number of carbonyl (C=O) groups excluding carboxylic acids is 1. The molecule has 5 rings (SSSR count). The van der Waals surface area contributed by atoms with Crippen LogP contribution in [0.25, 0.3) is 0 Å². The van der Waals surface area contributed by atoms with Gasteiger partial charge in [-0.2, -0.15) is 0 Å². The van der Waals surface area contributed by atoms with Gasteiger partial charge in [0.1, 0.15) is 11.5 Å². The Labute approximate surface area is 184 Å². The molecular formula is C22H14N2O9. The molecule has 0 unspecified atom stereocenters. The lowest BCUT2D eigenvalue weighted by Crippen LogP contribution is -2.34. The number of phenolic OH excluding ortho intramolecular Hbond substituents is 2. The molecule has 0 atom stereocenters. The lowest BCUT2D eigenvalue weighted by Gasteiger charge is -2.37. The molecule has 2 aliphatic rings. The van der Waals surface area contributed by atoms with Crippen molar-refractivity contribution in [3.8, 4) is 23.0 Å². The van der Waals surface area contributed by atoms with Gasteiger partial charge in [0.05, 0.1) is 26.5 Å². The second kappa shape index (κ2) is 6.42. The molecule has 0 aromatic heterocycles. The Bertz CT molecular complexity index is 1370. The summed E-state index contributed by atoms with van der Waals surface area (Å²) < 4.78 is 11.8. The predicted molar refractivity (Wildman–Crippen MR) is 111 cm³/mol. The van der Waals surface area contributed by atoms with Crippen LogP contribution in [0.5, 0.6) is 23.0 Å². The molecule has 3 aromatic carbocycles. The highest BCUT2D eigenvalue weighted by molar-refractivity contribution is 5.97. The normalized spacial score (nSPS) is 14.7. The number of nitro groups is 2. The first-order valence-electron chi connectivity index (χ1n) is 9.63. The van der Waals surface area contributed by atoms with Crippen LogP contribution in [0.15, 0.2) is 36.4 Å². The fourth-order valence-corrected chi connectivity index (χ4v) is 4.47. The average Bonchev–Trinajstić information content (AvgIpc) is 3.07. The van der Waals surface area contributed by atoms with Crippen molar-refractivity contribution in [3.05, 3.63) is 90.0 Å². The molecule has 3 aromatic rings. The number of carbonyl (C=O) groups is 1. The van der Waals surface area contributed by atoms with Crippen LogP contribution in [0, 0.1) is 34.1 Å². The molecule has 0 bridgehead atoms. The number of hydrogen-bond acceptors (Lipinski definition) is 9. The van der Waals surface area contributed by atoms with Gasteiger partial charge >= 0.3 is 17.3 Å². The maximum atomic E-state index is 12.9. The minimum absolute atomic E-state index is 0.00176. The van der Waals surface area contributed by atoms with Crippen LogP contribution in [0.3, 0.4) is 0 Å². The first-order chi connectivity index (χ1) is 15.6. The number of nitro benzene ring substituents is 2. The third-order valence-corrected chi connectivity index (χ3v) is 6.06. The molecule has 0 fully saturated rings. The fraction of sp³-hybridized carbons (Fsp3) is 0.136. The van der Waals surface area contributed by atoms with Crippen molar-refractivity contribution in [1.82, 2.24) is 0 Å². The highest BCUT2D eigenvalue weighted by Crippen LogP contribution is 2.61. The molecule has 33 heavy (non-hydrogen) atoms. The van der Waals surface area contributed by atoms with Gasteiger partial charge in [0.15, 0.2) is 5.60 Å². The van der Waals surface area contributed by atoms with Crippen LogP contribution < -0.4 is 4.74 Å². The summed E-state index contributed by atoms with van der Waals surface area (Å²) in [5, 5.41) is 44.1. The first kappa shape index (κ1) is 20.2. The average molecular weight is 450 g/mol. The van der Waals surface area contributed by atoms with E-state index in [1.807, 2.05) is 0 Å². The largest absolute Gasteiger partial charge is 0.502 e. The second-order valence-corrected chi connectivity index (χ2v) is 7.72. The molecule has 0 saturated heterocycles. The van der Waals surface area contributed by atoms with Gasteiger partial charge in [0.25, 0.3) is 0 Å². The summed E-state index contributed by atoms with van der Waals surface area (Å²) in [6.07, 6.45) is 0. The number of nitrogens with zero attached hydrogens (tertiary/aromatic N) is 2. The van der Waals surface area contributed by atoms with Crippen molar-refractivity contribution >= 4 is 17.3 Å². The van der Waals surface area contributed by atoms with Gasteiger partial charge in [-0.3, -0.25) is 20.2 Å². The van der Waals surface area contributed by atoms with Gasteiger partial charge in [-0.25, -0.2) is 4.79 Å². The Balaban J connectivity index is 2.00. The molecule has 0 aliphatic carbocycles. The maximum absolute atomic E-state index is 12.9. The highest BCUT2D eigenvalue weighted by Gasteiger charge is 2.56. The Hall–Kier alpha value is -4.67. The summed E-state index contributed by atoms with van der Waals surface area (Å²) in [5.41, 5.74) is -2.64. The zero-order chi connectivity index (χ0) is 23.8. The minimum atomic E-state index is -1.84. The standard InChI is InChI=1S/C22H14N2O9/c1-9-17(25)15(23(28)29)7-13-19(9)32-20-10(2)18(26)16(24(30)31)8-14(20)22(13)12-6-4-3-5-11(12)21(27)33-22/h3-8,25-26H,1-2H3. The SMILES string of the molecule is Cc1c(O)c([N+](=O)[O-])cc2c1Oc1c(cc([N+](=O)[O-])c(O)c1C)C21OC(=O)c2ccccc21. The lowest BCUT2D eigenvalue weighted by molar-refractivity contribution is -0.386. The quantitative estimate of drug-likeness (QED) is 0.332. The van der Waals surface area contributed by atoms with E-state index in [0.29, 0.717) is 5.56 Å². The van der Waals surface area contributed by atoms with Crippen molar-refractivity contribution in [2.24, 2.45) is 0 Å². The number of hydrogen-bond donors (Lipinski definition) is 2. The lowest BCUT2D eigenvalue weighted by atomic mass is 9.76. The smallest absolute Gasteiger partial charge is 0.340 e. The van der Waals surface area contributed by atoms with Crippen LogP contribution in [-0.4, -0.2) is 26.0 Å². The molecule has 166 valence electrons. The number of rotatable bonds is 2. The third kappa shape index (κ3) is 2.41.